The lowest BCUT2D eigenvalue weighted by atomic mass is 10.4. The Hall–Kier alpha value is -2.02. The zero-order chi connectivity index (χ0) is 12.1. The van der Waals surface area contributed by atoms with E-state index in [1.54, 1.807) is 11.6 Å². The minimum atomic E-state index is -0.434. The zero-order valence-corrected chi connectivity index (χ0v) is 9.90. The van der Waals surface area contributed by atoms with Gasteiger partial charge in [0.05, 0.1) is 19.3 Å². The van der Waals surface area contributed by atoms with Gasteiger partial charge in [0.25, 0.3) is 0 Å². The van der Waals surface area contributed by atoms with Crippen LogP contribution in [0, 0.1) is 0 Å². The number of rotatable bonds is 4. The summed E-state index contributed by atoms with van der Waals surface area (Å²) in [6.45, 7) is 0.538. The normalized spacial score (nSPS) is 9.94. The average molecular weight is 250 g/mol. The van der Waals surface area contributed by atoms with E-state index in [9.17, 15) is 4.79 Å². The number of carbonyl (C=O) groups is 1. The van der Waals surface area contributed by atoms with Gasteiger partial charge in [0.1, 0.15) is 6.33 Å². The van der Waals surface area contributed by atoms with Gasteiger partial charge >= 0.3 is 5.97 Å². The molecule has 88 valence electrons. The lowest BCUT2D eigenvalue weighted by molar-refractivity contribution is 0.0595. The van der Waals surface area contributed by atoms with Crippen LogP contribution in [0.25, 0.3) is 0 Å². The van der Waals surface area contributed by atoms with Gasteiger partial charge in [0.15, 0.2) is 10.8 Å². The van der Waals surface area contributed by atoms with Crippen molar-refractivity contribution >= 4 is 22.4 Å². The fourth-order valence-electron chi connectivity index (χ4n) is 1.14. The molecule has 0 radical (unpaired) electrons. The van der Waals surface area contributed by atoms with Crippen molar-refractivity contribution < 1.29 is 9.53 Å². The molecule has 0 aliphatic carbocycles. The Morgan fingerprint density at radius 3 is 3.18 bits per heavy atom. The first-order chi connectivity index (χ1) is 8.29. The Morgan fingerprint density at radius 1 is 1.59 bits per heavy atom. The summed E-state index contributed by atoms with van der Waals surface area (Å²) in [5.41, 5.74) is 1.16. The number of esters is 1. The number of nitrogens with one attached hydrogen (secondary N) is 1. The third-order valence-corrected chi connectivity index (χ3v) is 2.76. The number of hydrogen-bond acceptors (Lipinski definition) is 7. The van der Waals surface area contributed by atoms with Crippen LogP contribution in [0.1, 0.15) is 16.2 Å². The first kappa shape index (κ1) is 11.5. The van der Waals surface area contributed by atoms with E-state index in [1.165, 1.54) is 24.8 Å². The van der Waals surface area contributed by atoms with E-state index in [0.717, 1.165) is 5.69 Å². The number of thiazole rings is 1. The number of anilines is 1. The van der Waals surface area contributed by atoms with Crippen molar-refractivity contribution in [1.82, 2.24) is 15.0 Å². The highest BCUT2D eigenvalue weighted by Gasteiger charge is 2.10. The van der Waals surface area contributed by atoms with Gasteiger partial charge in [0.2, 0.25) is 0 Å². The second kappa shape index (κ2) is 5.35. The van der Waals surface area contributed by atoms with Crippen LogP contribution in [0.3, 0.4) is 0 Å². The van der Waals surface area contributed by atoms with Crippen molar-refractivity contribution in [1.29, 1.82) is 0 Å². The summed E-state index contributed by atoms with van der Waals surface area (Å²) in [5.74, 6) is -0.434. The Bertz CT molecular complexity index is 500. The molecule has 0 saturated carbocycles. The molecule has 1 N–H and O–H groups in total. The Morgan fingerprint density at radius 2 is 2.47 bits per heavy atom. The molecule has 7 heteroatoms. The molecule has 0 saturated heterocycles. The standard InChI is InChI=1S/C10H10N4O2S/c1-16-9(15)8-5-17-10(14-8)12-4-7-2-3-11-6-13-7/h2-3,5-6H,4H2,1H3,(H,12,14). The molecule has 0 fully saturated rings. The molecule has 2 heterocycles. The molecule has 2 aromatic rings. The SMILES string of the molecule is COC(=O)c1csc(NCc2ccncn2)n1. The van der Waals surface area contributed by atoms with Gasteiger partial charge in [-0.05, 0) is 6.07 Å². The Balaban J connectivity index is 1.96. The van der Waals surface area contributed by atoms with Crippen LogP contribution in [0.4, 0.5) is 5.13 Å². The van der Waals surface area contributed by atoms with E-state index in [4.69, 9.17) is 0 Å². The minimum absolute atomic E-state index is 0.308. The molecule has 0 spiro atoms. The summed E-state index contributed by atoms with van der Waals surface area (Å²) in [6.07, 6.45) is 3.16. The van der Waals surface area contributed by atoms with Gasteiger partial charge in [-0.3, -0.25) is 0 Å². The largest absolute Gasteiger partial charge is 0.464 e. The Labute approximate surface area is 102 Å². The highest BCUT2D eigenvalue weighted by atomic mass is 32.1. The highest BCUT2D eigenvalue weighted by molar-refractivity contribution is 7.13. The lowest BCUT2D eigenvalue weighted by Gasteiger charge is -2.00. The number of ether oxygens (including phenoxy) is 1. The molecule has 0 aromatic carbocycles. The van der Waals surface area contributed by atoms with Crippen LogP contribution in [0.2, 0.25) is 0 Å². The fourth-order valence-corrected chi connectivity index (χ4v) is 1.82. The number of methoxy groups -OCH3 is 1. The first-order valence-electron chi connectivity index (χ1n) is 4.82. The van der Waals surface area contributed by atoms with Gasteiger partial charge in [-0.2, -0.15) is 0 Å². The van der Waals surface area contributed by atoms with Crippen molar-refractivity contribution in [2.45, 2.75) is 6.54 Å². The minimum Gasteiger partial charge on any atom is -0.464 e. The van der Waals surface area contributed by atoms with Gasteiger partial charge in [-0.1, -0.05) is 0 Å². The number of aromatic nitrogens is 3. The number of carbonyl (C=O) groups excluding carboxylic acids is 1. The molecular weight excluding hydrogens is 240 g/mol. The second-order valence-electron chi connectivity index (χ2n) is 3.08. The molecular formula is C10H10N4O2S. The Kier molecular flexibility index (Phi) is 3.61. The van der Waals surface area contributed by atoms with Gasteiger partial charge in [-0.25, -0.2) is 19.7 Å². The zero-order valence-electron chi connectivity index (χ0n) is 9.08. The van der Waals surface area contributed by atoms with Crippen LogP contribution in [-0.2, 0) is 11.3 Å². The third-order valence-electron chi connectivity index (χ3n) is 1.96. The van der Waals surface area contributed by atoms with Crippen LogP contribution in [-0.4, -0.2) is 28.0 Å². The maximum absolute atomic E-state index is 11.2. The van der Waals surface area contributed by atoms with Crippen LogP contribution >= 0.6 is 11.3 Å². The molecule has 0 amide bonds. The summed E-state index contributed by atoms with van der Waals surface area (Å²) in [5, 5.41) is 5.37. The van der Waals surface area contributed by atoms with Crippen LogP contribution in [0.5, 0.6) is 0 Å². The molecule has 0 bridgehead atoms. The van der Waals surface area contributed by atoms with Crippen molar-refractivity contribution in [2.75, 3.05) is 12.4 Å². The van der Waals surface area contributed by atoms with Crippen LogP contribution in [0.15, 0.2) is 24.0 Å². The van der Waals surface area contributed by atoms with Gasteiger partial charge < -0.3 is 10.1 Å². The van der Waals surface area contributed by atoms with E-state index in [0.29, 0.717) is 17.4 Å². The maximum atomic E-state index is 11.2. The van der Waals surface area contributed by atoms with E-state index < -0.39 is 5.97 Å². The topological polar surface area (TPSA) is 77.0 Å². The molecule has 0 aliphatic rings. The molecule has 0 unspecified atom stereocenters. The number of hydrogen-bond donors (Lipinski definition) is 1. The molecule has 2 rings (SSSR count). The summed E-state index contributed by atoms with van der Waals surface area (Å²) >= 11 is 1.35. The highest BCUT2D eigenvalue weighted by Crippen LogP contribution is 2.16. The first-order valence-corrected chi connectivity index (χ1v) is 5.70. The van der Waals surface area contributed by atoms with Gasteiger partial charge in [-0.15, -0.1) is 11.3 Å². The maximum Gasteiger partial charge on any atom is 0.357 e. The molecule has 0 aliphatic heterocycles. The van der Waals surface area contributed by atoms with Crippen molar-refractivity contribution in [2.24, 2.45) is 0 Å². The lowest BCUT2D eigenvalue weighted by Crippen LogP contribution is -2.04. The molecule has 17 heavy (non-hydrogen) atoms. The summed E-state index contributed by atoms with van der Waals surface area (Å²) in [6, 6.07) is 1.81. The summed E-state index contributed by atoms with van der Waals surface area (Å²) < 4.78 is 4.57. The third kappa shape index (κ3) is 2.97. The number of nitrogens with zero attached hydrogens (tertiary/aromatic N) is 3. The monoisotopic (exact) mass is 250 g/mol. The van der Waals surface area contributed by atoms with Crippen molar-refractivity contribution in [3.8, 4) is 0 Å². The average Bonchev–Trinajstić information content (AvgIpc) is 2.85. The second-order valence-corrected chi connectivity index (χ2v) is 3.94. The predicted octanol–water partition coefficient (Wildman–Crippen LogP) is 1.33. The molecule has 2 aromatic heterocycles. The molecule has 6 nitrogen and oxygen atoms in total. The predicted molar refractivity (Wildman–Crippen MR) is 62.8 cm³/mol. The smallest absolute Gasteiger partial charge is 0.357 e. The quantitative estimate of drug-likeness (QED) is 0.825. The molecule has 0 atom stereocenters. The van der Waals surface area contributed by atoms with Crippen molar-refractivity contribution in [3.63, 3.8) is 0 Å². The van der Waals surface area contributed by atoms with Gasteiger partial charge in [0, 0.05) is 11.6 Å². The summed E-state index contributed by atoms with van der Waals surface area (Å²) in [4.78, 5) is 23.1. The summed E-state index contributed by atoms with van der Waals surface area (Å²) in [7, 11) is 1.33. The fraction of sp³-hybridized carbons (Fsp3) is 0.200. The van der Waals surface area contributed by atoms with E-state index >= 15 is 0 Å². The van der Waals surface area contributed by atoms with Crippen molar-refractivity contribution in [3.05, 3.63) is 35.4 Å². The van der Waals surface area contributed by atoms with E-state index in [-0.39, 0.29) is 0 Å². The van der Waals surface area contributed by atoms with E-state index in [1.807, 2.05) is 6.07 Å². The van der Waals surface area contributed by atoms with Crippen LogP contribution < -0.4 is 5.32 Å². The van der Waals surface area contributed by atoms with E-state index in [2.05, 4.69) is 25.0 Å².